The molecule has 0 aliphatic heterocycles. The molecule has 1 amide bonds. The maximum Gasteiger partial charge on any atom is 0.251 e. The number of nitrogen functional groups attached to an aromatic ring is 1. The van der Waals surface area contributed by atoms with Crippen molar-refractivity contribution < 1.29 is 13.9 Å². The molecule has 6 nitrogen and oxygen atoms in total. The zero-order valence-electron chi connectivity index (χ0n) is 16.4. The van der Waals surface area contributed by atoms with E-state index in [1.54, 1.807) is 32.4 Å². The summed E-state index contributed by atoms with van der Waals surface area (Å²) in [5, 5.41) is 6.62. The first-order valence-electron chi connectivity index (χ1n) is 9.15. The number of nitrogens with one attached hydrogen (secondary N) is 2. The summed E-state index contributed by atoms with van der Waals surface area (Å²) < 4.78 is 20.2. The number of rotatable bonds is 6. The summed E-state index contributed by atoms with van der Waals surface area (Å²) in [5.74, 6) is 6.50. The highest BCUT2D eigenvalue weighted by Gasteiger charge is 2.10. The van der Waals surface area contributed by atoms with E-state index in [0.717, 1.165) is 16.6 Å². The molecule has 0 bridgehead atoms. The third-order valence-electron chi connectivity index (χ3n) is 4.56. The molecule has 3 aromatic rings. The molecule has 2 aromatic carbocycles. The summed E-state index contributed by atoms with van der Waals surface area (Å²) in [5.41, 5.74) is 9.48. The van der Waals surface area contributed by atoms with E-state index in [1.165, 1.54) is 0 Å². The fourth-order valence-corrected chi connectivity index (χ4v) is 3.13. The van der Waals surface area contributed by atoms with Crippen molar-refractivity contribution in [3.63, 3.8) is 0 Å². The lowest BCUT2D eigenvalue weighted by Crippen LogP contribution is -2.17. The fourth-order valence-electron chi connectivity index (χ4n) is 3.13. The van der Waals surface area contributed by atoms with Crippen LogP contribution in [-0.2, 0) is 6.54 Å². The molecule has 3 rings (SSSR count). The number of aromatic nitrogens is 1. The smallest absolute Gasteiger partial charge is 0.251 e. The number of nitrogens with zero attached hydrogens (tertiary/aromatic N) is 1. The number of fused-ring (bicyclic) bond motifs is 1. The highest BCUT2D eigenvalue weighted by Crippen LogP contribution is 2.26. The summed E-state index contributed by atoms with van der Waals surface area (Å²) >= 11 is 0. The minimum Gasteiger partial charge on any atom is -0.495 e. The predicted molar refractivity (Wildman–Crippen MR) is 114 cm³/mol. The van der Waals surface area contributed by atoms with Crippen molar-refractivity contribution in [1.29, 1.82) is 0 Å². The van der Waals surface area contributed by atoms with Gasteiger partial charge < -0.3 is 25.7 Å². The lowest BCUT2D eigenvalue weighted by Gasteiger charge is -2.10. The number of halogens is 1. The zero-order chi connectivity index (χ0) is 20.8. The molecule has 0 radical (unpaired) electrons. The van der Waals surface area contributed by atoms with Crippen molar-refractivity contribution in [2.75, 3.05) is 38.4 Å². The Morgan fingerprint density at radius 1 is 1.28 bits per heavy atom. The van der Waals surface area contributed by atoms with Crippen molar-refractivity contribution in [3.05, 3.63) is 53.7 Å². The Kier molecular flexibility index (Phi) is 6.25. The Labute approximate surface area is 168 Å². The number of hydrogen-bond acceptors (Lipinski definition) is 4. The maximum atomic E-state index is 13.0. The van der Waals surface area contributed by atoms with Gasteiger partial charge in [-0.25, -0.2) is 4.39 Å². The number of methoxy groups -OCH3 is 1. The zero-order valence-corrected chi connectivity index (χ0v) is 16.4. The van der Waals surface area contributed by atoms with Crippen LogP contribution < -0.4 is 21.1 Å². The van der Waals surface area contributed by atoms with Gasteiger partial charge in [0, 0.05) is 23.7 Å². The first-order valence-corrected chi connectivity index (χ1v) is 9.15. The van der Waals surface area contributed by atoms with Gasteiger partial charge in [0.15, 0.2) is 0 Å². The molecular weight excluding hydrogens is 371 g/mol. The van der Waals surface area contributed by atoms with E-state index in [9.17, 15) is 9.18 Å². The van der Waals surface area contributed by atoms with Gasteiger partial charge in [-0.15, -0.1) is 0 Å². The SMILES string of the molecule is CNC(=O)c1ccc(NCC#Cc2cc3c(N)cccc3n2CCF)c(OC)c1. The van der Waals surface area contributed by atoms with Crippen LogP contribution in [0.4, 0.5) is 15.8 Å². The molecule has 7 heteroatoms. The van der Waals surface area contributed by atoms with E-state index in [1.807, 2.05) is 28.8 Å². The summed E-state index contributed by atoms with van der Waals surface area (Å²) in [6, 6.07) is 12.6. The quantitative estimate of drug-likeness (QED) is 0.443. The molecule has 1 aromatic heterocycles. The van der Waals surface area contributed by atoms with E-state index >= 15 is 0 Å². The summed E-state index contributed by atoms with van der Waals surface area (Å²) in [4.78, 5) is 11.7. The van der Waals surface area contributed by atoms with Crippen LogP contribution in [0.3, 0.4) is 0 Å². The Hall–Kier alpha value is -3.66. The third kappa shape index (κ3) is 4.27. The van der Waals surface area contributed by atoms with Gasteiger partial charge in [0.25, 0.3) is 5.91 Å². The van der Waals surface area contributed by atoms with Crippen LogP contribution in [0.1, 0.15) is 16.1 Å². The number of nitrogens with two attached hydrogens (primary N) is 1. The van der Waals surface area contributed by atoms with Gasteiger partial charge in [-0.1, -0.05) is 12.0 Å². The normalized spacial score (nSPS) is 10.3. The molecule has 0 aliphatic rings. The van der Waals surface area contributed by atoms with Gasteiger partial charge in [-0.3, -0.25) is 4.79 Å². The fraction of sp³-hybridized carbons (Fsp3) is 0.227. The van der Waals surface area contributed by atoms with Crippen molar-refractivity contribution in [2.24, 2.45) is 0 Å². The molecule has 1 heterocycles. The van der Waals surface area contributed by atoms with E-state index in [2.05, 4.69) is 22.5 Å². The lowest BCUT2D eigenvalue weighted by atomic mass is 10.1. The average molecular weight is 394 g/mol. The molecule has 0 aliphatic carbocycles. The molecule has 0 saturated heterocycles. The van der Waals surface area contributed by atoms with Crippen LogP contribution in [0.2, 0.25) is 0 Å². The number of hydrogen-bond donors (Lipinski definition) is 3. The van der Waals surface area contributed by atoms with Crippen LogP contribution in [0.15, 0.2) is 42.5 Å². The number of ether oxygens (including phenoxy) is 1. The van der Waals surface area contributed by atoms with Gasteiger partial charge in [0.2, 0.25) is 0 Å². The van der Waals surface area contributed by atoms with Crippen LogP contribution in [-0.4, -0.2) is 37.9 Å². The second-order valence-electron chi connectivity index (χ2n) is 6.30. The Balaban J connectivity index is 1.79. The van der Waals surface area contributed by atoms with Crippen LogP contribution in [0.5, 0.6) is 5.75 Å². The third-order valence-corrected chi connectivity index (χ3v) is 4.56. The van der Waals surface area contributed by atoms with Crippen molar-refractivity contribution in [3.8, 4) is 17.6 Å². The predicted octanol–water partition coefficient (Wildman–Crippen LogP) is 3.02. The van der Waals surface area contributed by atoms with Gasteiger partial charge in [0.05, 0.1) is 37.1 Å². The van der Waals surface area contributed by atoms with E-state index in [-0.39, 0.29) is 12.5 Å². The van der Waals surface area contributed by atoms with E-state index < -0.39 is 6.67 Å². The first-order chi connectivity index (χ1) is 14.1. The molecule has 0 fully saturated rings. The Morgan fingerprint density at radius 2 is 2.10 bits per heavy atom. The average Bonchev–Trinajstić information content (AvgIpc) is 3.09. The largest absolute Gasteiger partial charge is 0.495 e. The second-order valence-corrected chi connectivity index (χ2v) is 6.30. The summed E-state index contributed by atoms with van der Waals surface area (Å²) in [6.07, 6.45) is 0. The van der Waals surface area contributed by atoms with Gasteiger partial charge >= 0.3 is 0 Å². The van der Waals surface area contributed by atoms with Crippen LogP contribution in [0, 0.1) is 11.8 Å². The lowest BCUT2D eigenvalue weighted by molar-refractivity contribution is 0.0963. The van der Waals surface area contributed by atoms with E-state index in [0.29, 0.717) is 29.2 Å². The van der Waals surface area contributed by atoms with Gasteiger partial charge in [0.1, 0.15) is 12.4 Å². The molecule has 0 spiro atoms. The van der Waals surface area contributed by atoms with Crippen molar-refractivity contribution in [2.45, 2.75) is 6.54 Å². The van der Waals surface area contributed by atoms with Crippen LogP contribution in [0.25, 0.3) is 10.9 Å². The summed E-state index contributed by atoms with van der Waals surface area (Å²) in [7, 11) is 3.12. The van der Waals surface area contributed by atoms with E-state index in [4.69, 9.17) is 10.5 Å². The first kappa shape index (κ1) is 20.1. The topological polar surface area (TPSA) is 81.3 Å². The van der Waals surface area contributed by atoms with Gasteiger partial charge in [-0.05, 0) is 42.3 Å². The summed E-state index contributed by atoms with van der Waals surface area (Å²) in [6.45, 7) is 0.0852. The van der Waals surface area contributed by atoms with Gasteiger partial charge in [-0.2, -0.15) is 0 Å². The standard InChI is InChI=1S/C22H23FN4O2/c1-25-22(28)15-8-9-19(21(13-15)29-2)26-11-4-5-16-14-17-18(24)6-3-7-20(17)27(16)12-10-23/h3,6-9,13-14,26H,10-12,24H2,1-2H3,(H,25,28). The number of benzene rings is 2. The second kappa shape index (κ2) is 9.02. The highest BCUT2D eigenvalue weighted by atomic mass is 19.1. The van der Waals surface area contributed by atoms with Crippen molar-refractivity contribution in [1.82, 2.24) is 9.88 Å². The maximum absolute atomic E-state index is 13.0. The Morgan fingerprint density at radius 3 is 2.83 bits per heavy atom. The number of anilines is 2. The molecule has 29 heavy (non-hydrogen) atoms. The Bertz CT molecular complexity index is 1100. The van der Waals surface area contributed by atoms with Crippen LogP contribution >= 0.6 is 0 Å². The van der Waals surface area contributed by atoms with Crippen molar-refractivity contribution >= 4 is 28.2 Å². The molecule has 0 saturated carbocycles. The molecular formula is C22H23FN4O2. The number of carbonyl (C=O) groups excluding carboxylic acids is 1. The number of amides is 1. The number of aryl methyl sites for hydroxylation is 1. The molecule has 0 unspecified atom stereocenters. The minimum atomic E-state index is -0.486. The molecule has 4 N–H and O–H groups in total. The monoisotopic (exact) mass is 394 g/mol. The number of carbonyl (C=O) groups is 1. The highest BCUT2D eigenvalue weighted by molar-refractivity contribution is 5.95. The molecule has 150 valence electrons. The molecule has 0 atom stereocenters. The minimum absolute atomic E-state index is 0.186. The number of alkyl halides is 1.